The number of fused-ring (bicyclic) bond motifs is 4. The van der Waals surface area contributed by atoms with Crippen molar-refractivity contribution in [3.05, 3.63) is 59.7 Å². The van der Waals surface area contributed by atoms with E-state index in [-0.39, 0.29) is 55.0 Å². The summed E-state index contributed by atoms with van der Waals surface area (Å²) >= 11 is 0. The van der Waals surface area contributed by atoms with Crippen molar-refractivity contribution in [2.75, 3.05) is 63.6 Å². The Hall–Kier alpha value is -5.51. The van der Waals surface area contributed by atoms with Gasteiger partial charge >= 0.3 is 5.97 Å². The quantitative estimate of drug-likeness (QED) is 0.261. The lowest BCUT2D eigenvalue weighted by Gasteiger charge is -2.38. The van der Waals surface area contributed by atoms with Crippen LogP contribution in [0.3, 0.4) is 0 Å². The van der Waals surface area contributed by atoms with E-state index in [2.05, 4.69) is 47.0 Å². The molecule has 5 aliphatic heterocycles. The average Bonchev–Trinajstić information content (AvgIpc) is 3.97. The largest absolute Gasteiger partial charge is 0.464 e. The molecule has 5 atom stereocenters. The van der Waals surface area contributed by atoms with E-state index in [0.29, 0.717) is 51.7 Å². The molecule has 16 heteroatoms. The van der Waals surface area contributed by atoms with Gasteiger partial charge in [-0.3, -0.25) is 28.8 Å². The normalized spacial score (nSPS) is 24.3. The molecule has 6 amide bonds. The predicted octanol–water partition coefficient (Wildman–Crippen LogP) is 1.98. The van der Waals surface area contributed by atoms with Crippen molar-refractivity contribution in [2.24, 2.45) is 11.7 Å². The molecule has 16 nitrogen and oxygen atoms in total. The van der Waals surface area contributed by atoms with Crippen LogP contribution < -0.4 is 26.6 Å². The highest BCUT2D eigenvalue weighted by molar-refractivity contribution is 5.95. The highest BCUT2D eigenvalue weighted by Crippen LogP contribution is 2.29. The minimum atomic E-state index is -0.825. The topological polar surface area (TPSA) is 204 Å². The standard InChI is InChI=1S/C23H34N4O6.C10H12N2O.C7H8.C3H8N2O/c1-14-12-18-23(32)33-11-8-19(28)25-10-5-7-17(25)22(31)26-9-4-3-6-16(26)20(29)24-15(2)21(30)27(18)13-14;1-12-5-4-8-6-9(11-7-13)2-3-10(8)12;1-7-5-3-2-4-6-7;1-5-2-3(4)6/h14-18H,3-13H2,1-2H3,(H,24,29);2-3,6-7H,4-5H2,1H3,(H,11,13);2-6H,1H3;5H,2H2,1H3,(H2,4,6). The number of anilines is 2. The van der Waals surface area contributed by atoms with Gasteiger partial charge in [0, 0.05) is 44.6 Å². The van der Waals surface area contributed by atoms with Gasteiger partial charge in [-0.1, -0.05) is 42.8 Å². The Labute approximate surface area is 347 Å². The second kappa shape index (κ2) is 22.6. The van der Waals surface area contributed by atoms with E-state index >= 15 is 0 Å². The van der Waals surface area contributed by atoms with Gasteiger partial charge in [-0.25, -0.2) is 4.79 Å². The predicted molar refractivity (Wildman–Crippen MR) is 224 cm³/mol. The van der Waals surface area contributed by atoms with E-state index in [1.54, 1.807) is 23.8 Å². The maximum atomic E-state index is 13.4. The summed E-state index contributed by atoms with van der Waals surface area (Å²) in [6.45, 7) is 8.25. The van der Waals surface area contributed by atoms with Gasteiger partial charge in [0.2, 0.25) is 35.9 Å². The molecule has 322 valence electrons. The summed E-state index contributed by atoms with van der Waals surface area (Å²) in [5.41, 5.74) is 9.49. The molecule has 5 N–H and O–H groups in total. The van der Waals surface area contributed by atoms with Crippen molar-refractivity contribution in [3.63, 3.8) is 0 Å². The molecule has 0 bridgehead atoms. The summed E-state index contributed by atoms with van der Waals surface area (Å²) in [6.07, 6.45) is 5.66. The lowest BCUT2D eigenvalue weighted by Crippen LogP contribution is -2.59. The lowest BCUT2D eigenvalue weighted by molar-refractivity contribution is -0.156. The molecule has 4 fully saturated rings. The first kappa shape index (κ1) is 46.2. The van der Waals surface area contributed by atoms with Crippen LogP contribution in [0.4, 0.5) is 11.4 Å². The third-order valence-electron chi connectivity index (χ3n) is 11.0. The third kappa shape index (κ3) is 13.0. The Bertz CT molecular complexity index is 1780. The number of nitrogens with zero attached hydrogens (tertiary/aromatic N) is 4. The zero-order valence-corrected chi connectivity index (χ0v) is 35.1. The molecule has 5 unspecified atom stereocenters. The van der Waals surface area contributed by atoms with Crippen LogP contribution in [0.15, 0.2) is 48.5 Å². The molecule has 0 aromatic heterocycles. The highest BCUT2D eigenvalue weighted by atomic mass is 16.5. The monoisotopic (exact) mass is 818 g/mol. The van der Waals surface area contributed by atoms with Crippen molar-refractivity contribution in [1.29, 1.82) is 0 Å². The molecule has 4 saturated heterocycles. The van der Waals surface area contributed by atoms with Crippen LogP contribution in [0.5, 0.6) is 0 Å². The summed E-state index contributed by atoms with van der Waals surface area (Å²) < 4.78 is 5.38. The van der Waals surface area contributed by atoms with Crippen LogP contribution >= 0.6 is 0 Å². The Morgan fingerprint density at radius 2 is 1.59 bits per heavy atom. The number of cyclic esters (lactones) is 1. The van der Waals surface area contributed by atoms with E-state index < -0.39 is 30.1 Å². The molecular weight excluding hydrogens is 757 g/mol. The number of carbonyl (C=O) groups excluding carboxylic acids is 7. The zero-order chi connectivity index (χ0) is 43.1. The van der Waals surface area contributed by atoms with E-state index in [0.717, 1.165) is 31.5 Å². The molecular formula is C43H62N8O8. The van der Waals surface area contributed by atoms with Crippen LogP contribution in [-0.4, -0.2) is 134 Å². The molecule has 5 heterocycles. The fourth-order valence-electron chi connectivity index (χ4n) is 8.03. The van der Waals surface area contributed by atoms with Crippen molar-refractivity contribution in [1.82, 2.24) is 25.3 Å². The summed E-state index contributed by atoms with van der Waals surface area (Å²) in [6, 6.07) is 13.5. The first-order valence-electron chi connectivity index (χ1n) is 20.6. The Morgan fingerprint density at radius 1 is 0.881 bits per heavy atom. The molecule has 0 aliphatic carbocycles. The number of hydrogen-bond donors (Lipinski definition) is 4. The van der Waals surface area contributed by atoms with Gasteiger partial charge in [0.15, 0.2) is 0 Å². The number of aryl methyl sites for hydroxylation is 1. The van der Waals surface area contributed by atoms with E-state index in [9.17, 15) is 33.6 Å². The molecule has 59 heavy (non-hydrogen) atoms. The van der Waals surface area contributed by atoms with Gasteiger partial charge in [-0.2, -0.15) is 0 Å². The van der Waals surface area contributed by atoms with Gasteiger partial charge in [-0.15, -0.1) is 0 Å². The minimum absolute atomic E-state index is 0.00788. The first-order chi connectivity index (χ1) is 28.2. The van der Waals surface area contributed by atoms with Crippen molar-refractivity contribution < 1.29 is 38.3 Å². The highest BCUT2D eigenvalue weighted by Gasteiger charge is 2.44. The molecule has 0 radical (unpaired) electrons. The number of ether oxygens (including phenoxy) is 1. The second-order valence-corrected chi connectivity index (χ2v) is 15.7. The zero-order valence-electron chi connectivity index (χ0n) is 35.1. The maximum Gasteiger partial charge on any atom is 0.328 e. The molecule has 7 rings (SSSR count). The Balaban J connectivity index is 0.000000238. The van der Waals surface area contributed by atoms with Gasteiger partial charge in [0.05, 0.1) is 13.0 Å². The Morgan fingerprint density at radius 3 is 2.24 bits per heavy atom. The Kier molecular flexibility index (Phi) is 17.7. The number of rotatable bonds is 4. The third-order valence-corrected chi connectivity index (χ3v) is 11.0. The summed E-state index contributed by atoms with van der Waals surface area (Å²) in [5, 5.41) is 8.03. The minimum Gasteiger partial charge on any atom is -0.464 e. The SMILES string of the molecule is CC1CC2C(=O)OCCC(=O)N3CCCC3C(=O)N3CCCCC3C(=O)NC(C)C(=O)N2C1.CN1CCc2cc(NC=O)ccc21.CNCC(N)=O.Cc1ccccc1. The summed E-state index contributed by atoms with van der Waals surface area (Å²) in [5.74, 6) is -1.87. The number of likely N-dealkylation sites (N-methyl/N-ethyl adjacent to an activating group) is 2. The number of benzene rings is 2. The van der Waals surface area contributed by atoms with Gasteiger partial charge in [0.25, 0.3) is 0 Å². The van der Waals surface area contributed by atoms with Crippen LogP contribution in [0.25, 0.3) is 0 Å². The number of piperidine rings is 1. The molecule has 2 aromatic carbocycles. The fourth-order valence-corrected chi connectivity index (χ4v) is 8.03. The molecule has 2 aromatic rings. The molecule has 0 saturated carbocycles. The molecule has 5 aliphatic rings. The first-order valence-corrected chi connectivity index (χ1v) is 20.6. The number of primary amides is 1. The lowest BCUT2D eigenvalue weighted by atomic mass is 9.99. The van der Waals surface area contributed by atoms with Crippen molar-refractivity contribution in [3.8, 4) is 0 Å². The van der Waals surface area contributed by atoms with Crippen molar-refractivity contribution in [2.45, 2.75) is 96.3 Å². The van der Waals surface area contributed by atoms with Gasteiger partial charge in [-0.05, 0) is 95.5 Å². The van der Waals surface area contributed by atoms with E-state index in [4.69, 9.17) is 10.5 Å². The van der Waals surface area contributed by atoms with Crippen LogP contribution in [0.1, 0.15) is 69.9 Å². The van der Waals surface area contributed by atoms with Gasteiger partial charge in [0.1, 0.15) is 30.8 Å². The number of nitrogens with one attached hydrogen (secondary N) is 3. The van der Waals surface area contributed by atoms with Crippen LogP contribution in [0, 0.1) is 12.8 Å². The number of esters is 1. The number of carbonyl (C=O) groups is 7. The maximum absolute atomic E-state index is 13.4. The van der Waals surface area contributed by atoms with E-state index in [1.165, 1.54) is 21.7 Å². The number of hydrogen-bond acceptors (Lipinski definition) is 10. The van der Waals surface area contributed by atoms with E-state index in [1.807, 2.05) is 43.3 Å². The average molecular weight is 819 g/mol. The van der Waals surface area contributed by atoms with Crippen LogP contribution in [0.2, 0.25) is 0 Å². The summed E-state index contributed by atoms with van der Waals surface area (Å²) in [4.78, 5) is 92.2. The number of amides is 6. The molecule has 0 spiro atoms. The summed E-state index contributed by atoms with van der Waals surface area (Å²) in [7, 11) is 3.75. The van der Waals surface area contributed by atoms with Gasteiger partial charge < -0.3 is 46.0 Å². The fraction of sp³-hybridized carbons (Fsp3) is 0.558. The van der Waals surface area contributed by atoms with Crippen molar-refractivity contribution >= 4 is 53.3 Å². The number of nitrogens with two attached hydrogens (primary N) is 1. The second-order valence-electron chi connectivity index (χ2n) is 15.7. The smallest absolute Gasteiger partial charge is 0.328 e. The van der Waals surface area contributed by atoms with Crippen LogP contribution in [-0.2, 0) is 44.7 Å².